The first-order chi connectivity index (χ1) is 11.8. The molecular formula is C16H11ClN4S3. The Labute approximate surface area is 156 Å². The van der Waals surface area contributed by atoms with Gasteiger partial charge < -0.3 is 0 Å². The lowest BCUT2D eigenvalue weighted by molar-refractivity contribution is 0.972. The first kappa shape index (κ1) is 15.8. The average molecular weight is 391 g/mol. The van der Waals surface area contributed by atoms with Crippen LogP contribution in [-0.4, -0.2) is 20.2 Å². The smallest absolute Gasteiger partial charge is 0.209 e. The molecule has 0 aliphatic heterocycles. The molecule has 0 saturated heterocycles. The molecule has 24 heavy (non-hydrogen) atoms. The second-order valence-electron chi connectivity index (χ2n) is 4.88. The Balaban J connectivity index is 1.42. The molecule has 0 amide bonds. The predicted molar refractivity (Wildman–Crippen MR) is 102 cm³/mol. The second kappa shape index (κ2) is 7.06. The Morgan fingerprint density at radius 2 is 1.96 bits per heavy atom. The number of H-pyrrole nitrogens is 1. The van der Waals surface area contributed by atoms with Gasteiger partial charge in [-0.15, -0.1) is 27.8 Å². The molecule has 0 aliphatic rings. The van der Waals surface area contributed by atoms with E-state index in [0.29, 0.717) is 0 Å². The van der Waals surface area contributed by atoms with Crippen molar-refractivity contribution in [1.29, 1.82) is 0 Å². The molecule has 0 aliphatic carbocycles. The van der Waals surface area contributed by atoms with Gasteiger partial charge in [-0.1, -0.05) is 41.6 Å². The molecule has 1 aromatic carbocycles. The minimum atomic E-state index is 0.734. The van der Waals surface area contributed by atoms with Crippen LogP contribution in [0.2, 0.25) is 5.02 Å². The topological polar surface area (TPSA) is 54.5 Å². The fourth-order valence-electron chi connectivity index (χ4n) is 2.07. The Morgan fingerprint density at radius 1 is 1.08 bits per heavy atom. The monoisotopic (exact) mass is 390 g/mol. The third kappa shape index (κ3) is 3.54. The normalized spacial score (nSPS) is 11.0. The summed E-state index contributed by atoms with van der Waals surface area (Å²) in [5.74, 6) is 1.55. The molecule has 0 fully saturated rings. The molecule has 0 spiro atoms. The summed E-state index contributed by atoms with van der Waals surface area (Å²) in [6, 6.07) is 11.8. The van der Waals surface area contributed by atoms with Gasteiger partial charge in [-0.05, 0) is 23.6 Å². The number of thiazole rings is 1. The van der Waals surface area contributed by atoms with Crippen LogP contribution in [0.5, 0.6) is 0 Å². The molecule has 8 heteroatoms. The van der Waals surface area contributed by atoms with Gasteiger partial charge in [0.25, 0.3) is 0 Å². The maximum atomic E-state index is 5.92. The van der Waals surface area contributed by atoms with E-state index >= 15 is 0 Å². The average Bonchev–Trinajstić information content (AvgIpc) is 3.34. The predicted octanol–water partition coefficient (Wildman–Crippen LogP) is 5.60. The molecule has 3 aromatic heterocycles. The van der Waals surface area contributed by atoms with E-state index in [-0.39, 0.29) is 0 Å². The van der Waals surface area contributed by atoms with Gasteiger partial charge in [0.2, 0.25) is 5.16 Å². The molecule has 0 unspecified atom stereocenters. The SMILES string of the molecule is Clc1ccc(-c2nc(CSc3n[nH]c(-c4cccs4)n3)cs2)cc1. The summed E-state index contributed by atoms with van der Waals surface area (Å²) in [6.45, 7) is 0. The zero-order valence-corrected chi connectivity index (χ0v) is 15.5. The number of hydrogen-bond acceptors (Lipinski definition) is 6. The van der Waals surface area contributed by atoms with Gasteiger partial charge in [0, 0.05) is 21.7 Å². The zero-order chi connectivity index (χ0) is 16.4. The first-order valence-corrected chi connectivity index (χ1v) is 10.2. The van der Waals surface area contributed by atoms with E-state index in [0.717, 1.165) is 42.9 Å². The quantitative estimate of drug-likeness (QED) is 0.450. The van der Waals surface area contributed by atoms with Crippen LogP contribution in [0.15, 0.2) is 52.3 Å². The summed E-state index contributed by atoms with van der Waals surface area (Å²) in [4.78, 5) is 10.3. The molecule has 4 aromatic rings. The number of thioether (sulfide) groups is 1. The van der Waals surface area contributed by atoms with Crippen molar-refractivity contribution in [2.45, 2.75) is 10.9 Å². The van der Waals surface area contributed by atoms with Crippen LogP contribution < -0.4 is 0 Å². The number of nitrogens with one attached hydrogen (secondary N) is 1. The van der Waals surface area contributed by atoms with E-state index in [2.05, 4.69) is 25.5 Å². The summed E-state index contributed by atoms with van der Waals surface area (Å²) >= 11 is 10.8. The van der Waals surface area contributed by atoms with Gasteiger partial charge in [0.05, 0.1) is 10.6 Å². The third-order valence-corrected chi connectivity index (χ3v) is 6.16. The Hall–Kier alpha value is -1.67. The number of nitrogens with zero attached hydrogens (tertiary/aromatic N) is 3. The van der Waals surface area contributed by atoms with Crippen molar-refractivity contribution in [1.82, 2.24) is 20.2 Å². The second-order valence-corrected chi connectivity index (χ2v) is 8.07. The zero-order valence-electron chi connectivity index (χ0n) is 12.3. The highest BCUT2D eigenvalue weighted by atomic mass is 35.5. The van der Waals surface area contributed by atoms with Crippen molar-refractivity contribution in [3.05, 3.63) is 57.9 Å². The summed E-state index contributed by atoms with van der Waals surface area (Å²) < 4.78 is 0. The van der Waals surface area contributed by atoms with Crippen LogP contribution in [0, 0.1) is 0 Å². The van der Waals surface area contributed by atoms with Crippen LogP contribution in [0.1, 0.15) is 5.69 Å². The third-order valence-electron chi connectivity index (χ3n) is 3.21. The molecule has 0 saturated carbocycles. The van der Waals surface area contributed by atoms with Crippen molar-refractivity contribution in [3.8, 4) is 21.3 Å². The molecule has 0 bridgehead atoms. The van der Waals surface area contributed by atoms with Crippen molar-refractivity contribution in [2.75, 3.05) is 0 Å². The first-order valence-electron chi connectivity index (χ1n) is 7.07. The fourth-order valence-corrected chi connectivity index (χ4v) is 4.48. The van der Waals surface area contributed by atoms with Crippen molar-refractivity contribution >= 4 is 46.0 Å². The van der Waals surface area contributed by atoms with Gasteiger partial charge in [0.15, 0.2) is 5.82 Å². The highest BCUT2D eigenvalue weighted by molar-refractivity contribution is 7.98. The maximum absolute atomic E-state index is 5.92. The fraction of sp³-hybridized carbons (Fsp3) is 0.0625. The standard InChI is InChI=1S/C16H11ClN4S3/c17-11-5-3-10(4-6-11)15-18-12(8-23-15)9-24-16-19-14(20-21-16)13-2-1-7-22-13/h1-8H,9H2,(H,19,20,21). The lowest BCUT2D eigenvalue weighted by Crippen LogP contribution is -1.83. The van der Waals surface area contributed by atoms with E-state index in [1.165, 1.54) is 0 Å². The minimum Gasteiger partial charge on any atom is -0.257 e. The molecule has 3 heterocycles. The summed E-state index contributed by atoms with van der Waals surface area (Å²) in [6.07, 6.45) is 0. The highest BCUT2D eigenvalue weighted by Crippen LogP contribution is 2.28. The Morgan fingerprint density at radius 3 is 2.75 bits per heavy atom. The lowest BCUT2D eigenvalue weighted by Gasteiger charge is -1.96. The maximum Gasteiger partial charge on any atom is 0.209 e. The van der Waals surface area contributed by atoms with Crippen LogP contribution in [0.4, 0.5) is 0 Å². The molecule has 1 N–H and O–H groups in total. The van der Waals surface area contributed by atoms with Crippen LogP contribution >= 0.6 is 46.0 Å². The van der Waals surface area contributed by atoms with Gasteiger partial charge in [0.1, 0.15) is 5.01 Å². The number of benzene rings is 1. The van der Waals surface area contributed by atoms with Gasteiger partial charge in [-0.2, -0.15) is 0 Å². The van der Waals surface area contributed by atoms with Crippen molar-refractivity contribution in [3.63, 3.8) is 0 Å². The molecule has 4 nitrogen and oxygen atoms in total. The van der Waals surface area contributed by atoms with E-state index in [9.17, 15) is 0 Å². The molecule has 4 rings (SSSR count). The molecular weight excluding hydrogens is 380 g/mol. The largest absolute Gasteiger partial charge is 0.257 e. The Kier molecular flexibility index (Phi) is 4.66. The molecule has 0 radical (unpaired) electrons. The highest BCUT2D eigenvalue weighted by Gasteiger charge is 2.09. The van der Waals surface area contributed by atoms with E-state index in [1.807, 2.05) is 41.8 Å². The summed E-state index contributed by atoms with van der Waals surface area (Å²) in [7, 11) is 0. The molecule has 0 atom stereocenters. The van der Waals surface area contributed by atoms with Crippen LogP contribution in [-0.2, 0) is 5.75 Å². The van der Waals surface area contributed by atoms with Crippen LogP contribution in [0.3, 0.4) is 0 Å². The number of hydrogen-bond donors (Lipinski definition) is 1. The number of thiophene rings is 1. The summed E-state index contributed by atoms with van der Waals surface area (Å²) in [5, 5.41) is 13.8. The lowest BCUT2D eigenvalue weighted by atomic mass is 10.2. The minimum absolute atomic E-state index is 0.734. The molecule has 120 valence electrons. The summed E-state index contributed by atoms with van der Waals surface area (Å²) in [5.41, 5.74) is 2.11. The van der Waals surface area contributed by atoms with E-state index in [1.54, 1.807) is 34.4 Å². The van der Waals surface area contributed by atoms with Crippen molar-refractivity contribution in [2.24, 2.45) is 0 Å². The van der Waals surface area contributed by atoms with E-state index in [4.69, 9.17) is 11.6 Å². The number of aromatic amines is 1. The van der Waals surface area contributed by atoms with Gasteiger partial charge in [-0.25, -0.2) is 9.97 Å². The number of aromatic nitrogens is 4. The number of halogens is 1. The number of rotatable bonds is 5. The van der Waals surface area contributed by atoms with Crippen LogP contribution in [0.25, 0.3) is 21.3 Å². The Bertz CT molecular complexity index is 929. The van der Waals surface area contributed by atoms with Gasteiger partial charge >= 0.3 is 0 Å². The van der Waals surface area contributed by atoms with Crippen molar-refractivity contribution < 1.29 is 0 Å². The van der Waals surface area contributed by atoms with E-state index < -0.39 is 0 Å². The van der Waals surface area contributed by atoms with Gasteiger partial charge in [-0.3, -0.25) is 5.10 Å².